The van der Waals surface area contributed by atoms with Crippen LogP contribution in [0.2, 0.25) is 0 Å². The van der Waals surface area contributed by atoms with Gasteiger partial charge in [0.25, 0.3) is 0 Å². The summed E-state index contributed by atoms with van der Waals surface area (Å²) in [5.41, 5.74) is -3.08. The molecule has 7 aliphatic rings. The zero-order chi connectivity index (χ0) is 34.2. The molecule has 9 nitrogen and oxygen atoms in total. The number of carboxylic acids is 1. The fourth-order valence-electron chi connectivity index (χ4n) is 9.91. The Kier molecular flexibility index (Phi) is 6.71. The number of benzene rings is 1. The van der Waals surface area contributed by atoms with Crippen molar-refractivity contribution in [2.45, 2.75) is 128 Å². The lowest BCUT2D eigenvalue weighted by atomic mass is 9.51. The van der Waals surface area contributed by atoms with Gasteiger partial charge in [0.1, 0.15) is 28.4 Å². The number of carbonyl (C=O) groups is 3. The molecule has 2 saturated carbocycles. The minimum absolute atomic E-state index is 0.00142. The molecule has 1 aromatic rings. The van der Waals surface area contributed by atoms with Gasteiger partial charge >= 0.3 is 5.97 Å². The summed E-state index contributed by atoms with van der Waals surface area (Å²) in [5, 5.41) is 33.1. The Morgan fingerprint density at radius 1 is 1.02 bits per heavy atom. The lowest BCUT2D eigenvalue weighted by Gasteiger charge is -2.57. The van der Waals surface area contributed by atoms with Crippen molar-refractivity contribution in [2.24, 2.45) is 17.8 Å². The maximum absolute atomic E-state index is 15.0. The molecule has 4 bridgehead atoms. The molecule has 1 spiro atoms. The average Bonchev–Trinajstić information content (AvgIpc) is 3.11. The second kappa shape index (κ2) is 9.82. The minimum atomic E-state index is -1.65. The predicted molar refractivity (Wildman–Crippen MR) is 173 cm³/mol. The number of ether oxygens (including phenoxy) is 3. The Hall–Kier alpha value is -3.43. The quantitative estimate of drug-likeness (QED) is 0.254. The van der Waals surface area contributed by atoms with E-state index < -0.39 is 51.6 Å². The highest BCUT2D eigenvalue weighted by molar-refractivity contribution is 6.18. The number of hydrogen-bond donors (Lipinski definition) is 3. The first-order valence-electron chi connectivity index (χ1n) is 16.8. The van der Waals surface area contributed by atoms with Crippen LogP contribution in [0.1, 0.15) is 115 Å². The molecule has 0 amide bonds. The highest BCUT2D eigenvalue weighted by Gasteiger charge is 2.81. The molecule has 4 aliphatic carbocycles. The second-order valence-corrected chi connectivity index (χ2v) is 16.4. The van der Waals surface area contributed by atoms with E-state index in [1.54, 1.807) is 6.08 Å². The number of carbonyl (C=O) groups excluding carboxylic acids is 2. The Balaban J connectivity index is 1.52. The maximum Gasteiger partial charge on any atom is 0.330 e. The first-order valence-corrected chi connectivity index (χ1v) is 16.8. The van der Waals surface area contributed by atoms with Gasteiger partial charge in [-0.25, -0.2) is 4.79 Å². The van der Waals surface area contributed by atoms with E-state index in [-0.39, 0.29) is 52.2 Å². The van der Waals surface area contributed by atoms with Crippen molar-refractivity contribution >= 4 is 17.5 Å². The van der Waals surface area contributed by atoms with Crippen LogP contribution in [-0.2, 0) is 20.7 Å². The van der Waals surface area contributed by atoms with E-state index in [9.17, 15) is 29.7 Å². The molecule has 1 saturated heterocycles. The van der Waals surface area contributed by atoms with Gasteiger partial charge in [-0.2, -0.15) is 0 Å². The van der Waals surface area contributed by atoms with Crippen LogP contribution in [-0.4, -0.2) is 60.9 Å². The number of ketones is 2. The number of carboxylic acid groups (broad SMARTS) is 1. The standard InChI is InChI=1S/C38H46O9/c1-18(2)9-10-21-30-26(22-17-36(8,44)13-12-23(22)34(4,5)45-30)29(40)27-28(39)24-15-20-16-25-35(6,7)47-37(32(20)41,14-11-19(3)33(42)43)38(24,25)46-31(21)27/h9,11,15,20,22-23,25,40,44H,10,12-14,16-17H2,1-8H3,(H,42,43). The molecule has 3 fully saturated rings. The highest BCUT2D eigenvalue weighted by atomic mass is 16.6. The summed E-state index contributed by atoms with van der Waals surface area (Å²) in [6, 6.07) is 0. The summed E-state index contributed by atoms with van der Waals surface area (Å²) in [6.07, 6.45) is 7.61. The summed E-state index contributed by atoms with van der Waals surface area (Å²) < 4.78 is 20.8. The van der Waals surface area contributed by atoms with Gasteiger partial charge in [0.15, 0.2) is 22.8 Å². The van der Waals surface area contributed by atoms with E-state index in [2.05, 4.69) is 0 Å². The van der Waals surface area contributed by atoms with Crippen molar-refractivity contribution < 1.29 is 43.9 Å². The smallest absolute Gasteiger partial charge is 0.330 e. The zero-order valence-electron chi connectivity index (χ0n) is 28.6. The molecule has 252 valence electrons. The summed E-state index contributed by atoms with van der Waals surface area (Å²) in [7, 11) is 0. The average molecular weight is 647 g/mol. The highest BCUT2D eigenvalue weighted by Crippen LogP contribution is 2.69. The molecular formula is C38H46O9. The van der Waals surface area contributed by atoms with E-state index in [0.29, 0.717) is 49.0 Å². The number of allylic oxidation sites excluding steroid dienone is 3. The van der Waals surface area contributed by atoms with Gasteiger partial charge in [-0.15, -0.1) is 0 Å². The molecule has 7 atom stereocenters. The number of Topliss-reactive ketones (excluding diaryl/α,β-unsaturated/α-hetero) is 2. The molecule has 1 aromatic carbocycles. The van der Waals surface area contributed by atoms with Crippen molar-refractivity contribution in [3.63, 3.8) is 0 Å². The fraction of sp³-hybridized carbons (Fsp3) is 0.605. The monoisotopic (exact) mass is 646 g/mol. The van der Waals surface area contributed by atoms with Crippen molar-refractivity contribution in [3.05, 3.63) is 51.6 Å². The van der Waals surface area contributed by atoms with Gasteiger partial charge in [-0.3, -0.25) is 9.59 Å². The fourth-order valence-corrected chi connectivity index (χ4v) is 9.91. The Labute approximate surface area is 275 Å². The number of aromatic hydroxyl groups is 1. The molecule has 3 aliphatic heterocycles. The van der Waals surface area contributed by atoms with Crippen LogP contribution in [0.5, 0.6) is 17.2 Å². The molecule has 9 heteroatoms. The van der Waals surface area contributed by atoms with Gasteiger partial charge in [0, 0.05) is 52.4 Å². The molecular weight excluding hydrogens is 600 g/mol. The van der Waals surface area contributed by atoms with Crippen molar-refractivity contribution in [3.8, 4) is 17.2 Å². The zero-order valence-corrected chi connectivity index (χ0v) is 28.6. The maximum atomic E-state index is 15.0. The van der Waals surface area contributed by atoms with Crippen LogP contribution in [0.15, 0.2) is 34.9 Å². The van der Waals surface area contributed by atoms with Crippen molar-refractivity contribution in [1.29, 1.82) is 0 Å². The number of fused-ring (bicyclic) bond motifs is 4. The molecule has 47 heavy (non-hydrogen) atoms. The van der Waals surface area contributed by atoms with Gasteiger partial charge in [0.2, 0.25) is 0 Å². The number of phenolic OH excluding ortho intramolecular Hbond substituents is 1. The van der Waals surface area contributed by atoms with Crippen LogP contribution in [0.4, 0.5) is 0 Å². The number of phenols is 1. The van der Waals surface area contributed by atoms with Gasteiger partial charge in [0.05, 0.1) is 11.2 Å². The first kappa shape index (κ1) is 32.1. The van der Waals surface area contributed by atoms with E-state index >= 15 is 0 Å². The number of aliphatic carboxylic acids is 1. The Morgan fingerprint density at radius 2 is 1.72 bits per heavy atom. The molecule has 3 N–H and O–H groups in total. The first-order chi connectivity index (χ1) is 21.8. The third-order valence-corrected chi connectivity index (χ3v) is 12.1. The molecule has 3 heterocycles. The number of hydrogen-bond acceptors (Lipinski definition) is 8. The van der Waals surface area contributed by atoms with Gasteiger partial charge in [-0.05, 0) is 87.5 Å². The lowest BCUT2D eigenvalue weighted by molar-refractivity contribution is -0.171. The summed E-state index contributed by atoms with van der Waals surface area (Å²) in [6.45, 7) is 15.1. The summed E-state index contributed by atoms with van der Waals surface area (Å²) in [4.78, 5) is 41.2. The SMILES string of the molecule is CC(C)=CCc1c2c(c(O)c3c1OC(C)(C)C1CCC(C)(O)CC31)C(=O)C1=CC3CC4C(C)(C)OC(CC=C(C)C(=O)O)(C3=O)C14O2. The van der Waals surface area contributed by atoms with E-state index in [0.717, 1.165) is 5.57 Å². The van der Waals surface area contributed by atoms with Gasteiger partial charge < -0.3 is 29.5 Å². The Morgan fingerprint density at radius 3 is 2.38 bits per heavy atom. The van der Waals surface area contributed by atoms with Crippen LogP contribution >= 0.6 is 0 Å². The van der Waals surface area contributed by atoms with E-state index in [1.165, 1.54) is 13.0 Å². The third-order valence-electron chi connectivity index (χ3n) is 12.1. The normalized spacial score (nSPS) is 37.0. The topological polar surface area (TPSA) is 140 Å². The van der Waals surface area contributed by atoms with Crippen LogP contribution in [0.3, 0.4) is 0 Å². The van der Waals surface area contributed by atoms with Crippen molar-refractivity contribution in [2.75, 3.05) is 0 Å². The number of rotatable bonds is 5. The minimum Gasteiger partial charge on any atom is -0.507 e. The third kappa shape index (κ3) is 4.17. The molecule has 0 radical (unpaired) electrons. The molecule has 0 aromatic heterocycles. The summed E-state index contributed by atoms with van der Waals surface area (Å²) in [5.74, 6) is -2.59. The number of aliphatic hydroxyl groups is 1. The largest absolute Gasteiger partial charge is 0.507 e. The lowest BCUT2D eigenvalue weighted by Crippen LogP contribution is -2.72. The van der Waals surface area contributed by atoms with Gasteiger partial charge in [-0.1, -0.05) is 23.8 Å². The van der Waals surface area contributed by atoms with E-state index in [4.69, 9.17) is 14.2 Å². The van der Waals surface area contributed by atoms with Crippen LogP contribution < -0.4 is 9.47 Å². The molecule has 7 unspecified atom stereocenters. The molecule has 8 rings (SSSR count). The Bertz CT molecular complexity index is 1730. The predicted octanol–water partition coefficient (Wildman–Crippen LogP) is 6.13. The summed E-state index contributed by atoms with van der Waals surface area (Å²) >= 11 is 0. The second-order valence-electron chi connectivity index (χ2n) is 16.4. The van der Waals surface area contributed by atoms with Crippen molar-refractivity contribution in [1.82, 2.24) is 0 Å². The van der Waals surface area contributed by atoms with Crippen LogP contribution in [0.25, 0.3) is 0 Å². The van der Waals surface area contributed by atoms with Crippen LogP contribution in [0, 0.1) is 17.8 Å². The van der Waals surface area contributed by atoms with E-state index in [1.807, 2.05) is 54.5 Å².